The number of aliphatic imine (C=N–C) groups is 1. The van der Waals surface area contributed by atoms with Crippen LogP contribution in [0.2, 0.25) is 0 Å². The molecule has 1 aromatic carbocycles. The minimum absolute atomic E-state index is 0.0559. The molecule has 2 aliphatic carbocycles. The number of benzene rings is 1. The summed E-state index contributed by atoms with van der Waals surface area (Å²) < 4.78 is 11.9. The minimum Gasteiger partial charge on any atom is -0.493 e. The fourth-order valence-corrected chi connectivity index (χ4v) is 6.60. The highest BCUT2D eigenvalue weighted by atomic mass is 127. The molecule has 0 atom stereocenters. The maximum absolute atomic E-state index is 13.3. The zero-order chi connectivity index (χ0) is 21.8. The molecule has 31 heavy (non-hydrogen) atoms. The van der Waals surface area contributed by atoms with E-state index in [9.17, 15) is 4.79 Å². The number of thiophene rings is 1. The van der Waals surface area contributed by atoms with Gasteiger partial charge in [0, 0.05) is 17.1 Å². The number of halogens is 1. The number of methoxy groups -OCH3 is 2. The molecule has 0 unspecified atom stereocenters. The lowest BCUT2D eigenvalue weighted by molar-refractivity contribution is 0.0927. The highest BCUT2D eigenvalue weighted by Crippen LogP contribution is 2.40. The molecular weight excluding hydrogens is 523 g/mol. The molecule has 1 fully saturated rings. The number of hydrogen-bond acceptors (Lipinski definition) is 5. The van der Waals surface area contributed by atoms with Crippen LogP contribution in [0.1, 0.15) is 71.3 Å². The molecule has 4 rings (SSSR count). The van der Waals surface area contributed by atoms with Gasteiger partial charge in [-0.25, -0.2) is 4.99 Å². The third-order valence-corrected chi connectivity index (χ3v) is 8.11. The Balaban J connectivity index is 1.64. The molecule has 0 radical (unpaired) electrons. The van der Waals surface area contributed by atoms with Crippen LogP contribution in [0.5, 0.6) is 11.5 Å². The molecule has 7 heteroatoms. The lowest BCUT2D eigenvalue weighted by atomic mass is 9.93. The van der Waals surface area contributed by atoms with Gasteiger partial charge in [0.2, 0.25) is 0 Å². The van der Waals surface area contributed by atoms with Crippen LogP contribution >= 0.6 is 33.9 Å². The number of fused-ring (bicyclic) bond motifs is 1. The molecule has 2 aliphatic rings. The van der Waals surface area contributed by atoms with Gasteiger partial charge in [-0.2, -0.15) is 0 Å². The fourth-order valence-electron chi connectivity index (χ4n) is 4.53. The molecule has 0 spiro atoms. The second kappa shape index (κ2) is 10.3. The van der Waals surface area contributed by atoms with Crippen LogP contribution in [-0.2, 0) is 12.8 Å². The summed E-state index contributed by atoms with van der Waals surface area (Å²) in [5, 5.41) is 4.13. The zero-order valence-electron chi connectivity index (χ0n) is 18.1. The molecule has 0 aliphatic heterocycles. The average molecular weight is 552 g/mol. The Kier molecular flexibility index (Phi) is 7.53. The lowest BCUT2D eigenvalue weighted by Gasteiger charge is -2.23. The first-order valence-electron chi connectivity index (χ1n) is 11.0. The molecule has 0 bridgehead atoms. The Hall–Kier alpha value is -1.61. The number of ether oxygens (including phenoxy) is 2. The van der Waals surface area contributed by atoms with E-state index in [0.29, 0.717) is 11.8 Å². The topological polar surface area (TPSA) is 59.9 Å². The van der Waals surface area contributed by atoms with Crippen molar-refractivity contribution in [3.63, 3.8) is 0 Å². The van der Waals surface area contributed by atoms with Crippen LogP contribution in [0.25, 0.3) is 0 Å². The summed E-state index contributed by atoms with van der Waals surface area (Å²) in [6.45, 7) is 0. The van der Waals surface area contributed by atoms with E-state index in [1.165, 1.54) is 36.1 Å². The van der Waals surface area contributed by atoms with Gasteiger partial charge in [-0.3, -0.25) is 4.79 Å². The van der Waals surface area contributed by atoms with Crippen molar-refractivity contribution in [2.75, 3.05) is 14.2 Å². The molecule has 5 nitrogen and oxygen atoms in total. The Morgan fingerprint density at radius 3 is 2.65 bits per heavy atom. The van der Waals surface area contributed by atoms with Crippen molar-refractivity contribution in [1.82, 2.24) is 5.32 Å². The van der Waals surface area contributed by atoms with Gasteiger partial charge < -0.3 is 14.8 Å². The predicted molar refractivity (Wildman–Crippen MR) is 135 cm³/mol. The Labute approximate surface area is 201 Å². The summed E-state index contributed by atoms with van der Waals surface area (Å²) in [6, 6.07) is 4.23. The fraction of sp³-hybridized carbons (Fsp3) is 0.500. The first-order valence-corrected chi connectivity index (χ1v) is 12.9. The molecule has 1 heterocycles. The average Bonchev–Trinajstić information content (AvgIpc) is 3.16. The van der Waals surface area contributed by atoms with Crippen molar-refractivity contribution in [2.45, 2.75) is 63.8 Å². The van der Waals surface area contributed by atoms with Gasteiger partial charge in [0.1, 0.15) is 5.00 Å². The molecule has 1 N–H and O–H groups in total. The summed E-state index contributed by atoms with van der Waals surface area (Å²) in [5.41, 5.74) is 2.95. The van der Waals surface area contributed by atoms with Crippen molar-refractivity contribution < 1.29 is 14.3 Å². The van der Waals surface area contributed by atoms with E-state index in [2.05, 4.69) is 27.9 Å². The van der Waals surface area contributed by atoms with Crippen molar-refractivity contribution in [2.24, 2.45) is 4.99 Å². The van der Waals surface area contributed by atoms with Gasteiger partial charge in [-0.05, 0) is 84.4 Å². The Bertz CT molecular complexity index is 980. The number of carbonyl (C=O) groups is 1. The van der Waals surface area contributed by atoms with E-state index in [1.54, 1.807) is 25.6 Å². The SMILES string of the molecule is COc1cc(C=Nc2sc3c(c2C(=O)NC2CCCCC2)CCCC3)cc(I)c1OC. The lowest BCUT2D eigenvalue weighted by Crippen LogP contribution is -2.36. The minimum atomic E-state index is 0.0559. The number of amides is 1. The molecule has 2 aromatic rings. The van der Waals surface area contributed by atoms with Crippen LogP contribution in [0, 0.1) is 3.57 Å². The molecular formula is C24H29IN2O3S. The van der Waals surface area contributed by atoms with Crippen molar-refractivity contribution in [3.05, 3.63) is 37.3 Å². The van der Waals surface area contributed by atoms with E-state index in [-0.39, 0.29) is 5.91 Å². The van der Waals surface area contributed by atoms with Crippen LogP contribution < -0.4 is 14.8 Å². The summed E-state index contributed by atoms with van der Waals surface area (Å²) in [6.07, 6.45) is 12.0. The van der Waals surface area contributed by atoms with Crippen LogP contribution in [-0.4, -0.2) is 32.4 Å². The zero-order valence-corrected chi connectivity index (χ0v) is 21.1. The van der Waals surface area contributed by atoms with Gasteiger partial charge in [0.05, 0.1) is 23.4 Å². The van der Waals surface area contributed by atoms with E-state index >= 15 is 0 Å². The Morgan fingerprint density at radius 2 is 1.90 bits per heavy atom. The second-order valence-corrected chi connectivity index (χ2v) is 10.4. The first kappa shape index (κ1) is 22.6. The molecule has 166 valence electrons. The maximum Gasteiger partial charge on any atom is 0.254 e. The summed E-state index contributed by atoms with van der Waals surface area (Å²) in [5.74, 6) is 1.45. The number of carbonyl (C=O) groups excluding carboxylic acids is 1. The standard InChI is InChI=1S/C24H29IN2O3S/c1-29-19-13-15(12-18(25)22(19)30-2)14-26-24-21(17-10-6-7-11-20(17)31-24)23(28)27-16-8-4-3-5-9-16/h12-14,16H,3-11H2,1-2H3,(H,27,28). The van der Waals surface area contributed by atoms with E-state index < -0.39 is 0 Å². The third kappa shape index (κ3) is 5.08. The van der Waals surface area contributed by atoms with Crippen molar-refractivity contribution in [1.29, 1.82) is 0 Å². The monoisotopic (exact) mass is 552 g/mol. The summed E-state index contributed by atoms with van der Waals surface area (Å²) in [4.78, 5) is 19.4. The normalized spacial score (nSPS) is 16.9. The van der Waals surface area contributed by atoms with Gasteiger partial charge in [0.15, 0.2) is 11.5 Å². The van der Waals surface area contributed by atoms with E-state index in [4.69, 9.17) is 14.5 Å². The van der Waals surface area contributed by atoms with Crippen molar-refractivity contribution >= 4 is 51.1 Å². The highest BCUT2D eigenvalue weighted by Gasteiger charge is 2.27. The quantitative estimate of drug-likeness (QED) is 0.350. The molecule has 1 aromatic heterocycles. The number of nitrogens with one attached hydrogen (secondary N) is 1. The number of rotatable bonds is 6. The summed E-state index contributed by atoms with van der Waals surface area (Å²) >= 11 is 3.92. The Morgan fingerprint density at radius 1 is 1.13 bits per heavy atom. The number of aryl methyl sites for hydroxylation is 1. The van der Waals surface area contributed by atoms with E-state index in [1.807, 2.05) is 18.3 Å². The van der Waals surface area contributed by atoms with Crippen molar-refractivity contribution in [3.8, 4) is 11.5 Å². The molecule has 1 amide bonds. The van der Waals surface area contributed by atoms with Gasteiger partial charge in [0.25, 0.3) is 5.91 Å². The van der Waals surface area contributed by atoms with Crippen LogP contribution in [0.15, 0.2) is 17.1 Å². The second-order valence-electron chi connectivity index (χ2n) is 8.20. The predicted octanol–water partition coefficient (Wildman–Crippen LogP) is 6.06. The third-order valence-electron chi connectivity index (χ3n) is 6.11. The largest absolute Gasteiger partial charge is 0.493 e. The summed E-state index contributed by atoms with van der Waals surface area (Å²) in [7, 11) is 3.27. The van der Waals surface area contributed by atoms with Gasteiger partial charge in [-0.1, -0.05) is 19.3 Å². The smallest absolute Gasteiger partial charge is 0.254 e. The van der Waals surface area contributed by atoms with Crippen LogP contribution in [0.4, 0.5) is 5.00 Å². The molecule has 1 saturated carbocycles. The molecule has 0 saturated heterocycles. The first-order chi connectivity index (χ1) is 15.1. The van der Waals surface area contributed by atoms with Gasteiger partial charge >= 0.3 is 0 Å². The van der Waals surface area contributed by atoms with Crippen LogP contribution in [0.3, 0.4) is 0 Å². The van der Waals surface area contributed by atoms with E-state index in [0.717, 1.165) is 57.6 Å². The van der Waals surface area contributed by atoms with Gasteiger partial charge in [-0.15, -0.1) is 11.3 Å². The highest BCUT2D eigenvalue weighted by molar-refractivity contribution is 14.1. The maximum atomic E-state index is 13.3. The number of nitrogens with zero attached hydrogens (tertiary/aromatic N) is 1. The number of hydrogen-bond donors (Lipinski definition) is 1.